The highest BCUT2D eigenvalue weighted by Crippen LogP contribution is 2.25. The molecule has 0 aromatic carbocycles. The zero-order chi connectivity index (χ0) is 71.1. The van der Waals surface area contributed by atoms with Gasteiger partial charge in [0.1, 0.15) is 18.2 Å². The lowest BCUT2D eigenvalue weighted by Crippen LogP contribution is -2.56. The Hall–Kier alpha value is -4.75. The maximum Gasteiger partial charge on any atom is 0.245 e. The van der Waals surface area contributed by atoms with Gasteiger partial charge in [0.25, 0.3) is 0 Å². The van der Waals surface area contributed by atoms with Gasteiger partial charge in [-0.2, -0.15) is 0 Å². The third kappa shape index (κ3) is 65.0. The number of hydrogen-bond acceptors (Lipinski definition) is 12. The molecule has 0 heterocycles. The molecule has 0 radical (unpaired) electrons. The number of carbonyl (C=O) groups is 9. The first-order chi connectivity index (χ1) is 44.9. The normalized spacial score (nSPS) is 12.7. The molecule has 19 heteroatoms. The molecule has 7 amide bonds. The van der Waals surface area contributed by atoms with Crippen molar-refractivity contribution in [3.05, 3.63) is 12.2 Å². The molecule has 0 rings (SSSR count). The van der Waals surface area contributed by atoms with Crippen LogP contribution >= 0.6 is 0 Å². The molecule has 1 atom stereocenters. The Morgan fingerprint density at radius 1 is 0.295 bits per heavy atom. The molecular formula is C76H141N7O12. The topological polar surface area (TPSA) is 266 Å². The molecule has 0 aliphatic carbocycles. The second-order valence-corrected chi connectivity index (χ2v) is 31.4. The Kier molecular flexibility index (Phi) is 52.4. The van der Waals surface area contributed by atoms with Crippen LogP contribution in [0.25, 0.3) is 0 Å². The SMILES string of the molecule is CC(C)(C)/C=C/C(=O)NCCCCCCCC(=O)CCCCCCCCCCC(=O)NC(CCOCC(=O)NCCCNC(=O)CCCCC(C)(C)C)(COCCC(=O)NCCCCC(=O)CCCCC(C)(C)C)COCCC(=O)NCCCNC(=O)CCCCC(C)(C)C. The maximum absolute atomic E-state index is 13.9. The molecule has 0 aromatic rings. The van der Waals surface area contributed by atoms with E-state index in [-0.39, 0.29) is 134 Å². The fourth-order valence-corrected chi connectivity index (χ4v) is 10.5. The van der Waals surface area contributed by atoms with Crippen molar-refractivity contribution in [1.29, 1.82) is 0 Å². The summed E-state index contributed by atoms with van der Waals surface area (Å²) in [5.74, 6) is -0.398. The van der Waals surface area contributed by atoms with Crippen molar-refractivity contribution in [2.24, 2.45) is 21.7 Å². The van der Waals surface area contributed by atoms with Crippen molar-refractivity contribution < 1.29 is 57.4 Å². The van der Waals surface area contributed by atoms with Gasteiger partial charge in [-0.3, -0.25) is 43.2 Å². The zero-order valence-electron chi connectivity index (χ0n) is 62.5. The molecule has 552 valence electrons. The summed E-state index contributed by atoms with van der Waals surface area (Å²) < 4.78 is 18.3. The standard InChI is InChI=1S/C76H141N7O12/c1-72(2,3)46-29-25-38-64(85)39-28-33-52-78-68(89)44-57-94-61-76(50-59-93-60-71(92)82-56-35-54-80-66(87)41-27-31-48-74(7,8)9,62-95-58-45-69(90)81-55-34-53-79-65(86)40-26-30-47-73(4,5)6)83-70(91)42-24-20-16-14-13-15-18-22-36-63(84)37-23-19-17-21-32-51-77-67(88)43-49-75(10,11)12/h43,49H,13-42,44-48,50-62H2,1-12H3,(H,77,88)(H,78,89)(H,79,86)(H,80,87)(H,81,90)(H,82,92)(H,83,91)/b49-43+. The van der Waals surface area contributed by atoms with Crippen molar-refractivity contribution in [3.63, 3.8) is 0 Å². The van der Waals surface area contributed by atoms with E-state index in [0.717, 1.165) is 135 Å². The van der Waals surface area contributed by atoms with Crippen LogP contribution in [-0.2, 0) is 57.4 Å². The van der Waals surface area contributed by atoms with Crippen LogP contribution < -0.4 is 37.2 Å². The van der Waals surface area contributed by atoms with Crippen molar-refractivity contribution in [2.75, 3.05) is 78.9 Å². The predicted octanol–water partition coefficient (Wildman–Crippen LogP) is 13.5. The number of rotatable bonds is 61. The summed E-state index contributed by atoms with van der Waals surface area (Å²) in [6, 6.07) is 0. The molecule has 1 unspecified atom stereocenters. The number of Topliss-reactive ketones (excluding diaryl/α,β-unsaturated/α-hetero) is 2. The summed E-state index contributed by atoms with van der Waals surface area (Å²) in [5, 5.41) is 20.7. The molecule has 0 bridgehead atoms. The summed E-state index contributed by atoms with van der Waals surface area (Å²) in [4.78, 5) is 114. The van der Waals surface area contributed by atoms with Gasteiger partial charge >= 0.3 is 0 Å². The second kappa shape index (κ2) is 55.2. The number of allylic oxidation sites excluding steroid dienone is 1. The lowest BCUT2D eigenvalue weighted by atomic mass is 9.89. The quantitative estimate of drug-likeness (QED) is 0.0221. The third-order valence-corrected chi connectivity index (χ3v) is 16.3. The van der Waals surface area contributed by atoms with Gasteiger partial charge < -0.3 is 51.4 Å². The highest BCUT2D eigenvalue weighted by Gasteiger charge is 2.33. The number of hydrogen-bond donors (Lipinski definition) is 7. The fourth-order valence-electron chi connectivity index (χ4n) is 10.5. The molecule has 0 aliphatic rings. The monoisotopic (exact) mass is 1340 g/mol. The lowest BCUT2D eigenvalue weighted by Gasteiger charge is -2.34. The summed E-state index contributed by atoms with van der Waals surface area (Å²) in [6.07, 6.45) is 31.2. The van der Waals surface area contributed by atoms with E-state index in [1.165, 1.54) is 0 Å². The number of unbranched alkanes of at least 4 members (excludes halogenated alkanes) is 15. The van der Waals surface area contributed by atoms with E-state index in [2.05, 4.69) is 120 Å². The van der Waals surface area contributed by atoms with E-state index in [9.17, 15) is 43.2 Å². The minimum atomic E-state index is -1.15. The van der Waals surface area contributed by atoms with Gasteiger partial charge in [0.2, 0.25) is 41.4 Å². The van der Waals surface area contributed by atoms with Gasteiger partial charge in [-0.05, 0) is 124 Å². The Morgan fingerprint density at radius 2 is 0.611 bits per heavy atom. The molecular weight excluding hydrogens is 1200 g/mol. The van der Waals surface area contributed by atoms with Crippen molar-refractivity contribution in [2.45, 2.75) is 320 Å². The fraction of sp³-hybridized carbons (Fsp3) is 0.855. The van der Waals surface area contributed by atoms with Gasteiger partial charge in [0.15, 0.2) is 0 Å². The zero-order valence-corrected chi connectivity index (χ0v) is 62.5. The van der Waals surface area contributed by atoms with Gasteiger partial charge in [-0.25, -0.2) is 0 Å². The van der Waals surface area contributed by atoms with Crippen LogP contribution in [0.2, 0.25) is 0 Å². The minimum absolute atomic E-state index is 0.00334. The largest absolute Gasteiger partial charge is 0.378 e. The second-order valence-electron chi connectivity index (χ2n) is 31.4. The van der Waals surface area contributed by atoms with E-state index in [1.807, 2.05) is 6.08 Å². The van der Waals surface area contributed by atoms with Crippen LogP contribution in [0.1, 0.15) is 314 Å². The van der Waals surface area contributed by atoms with Crippen LogP contribution in [0.4, 0.5) is 0 Å². The Balaban J connectivity index is 5.55. The van der Waals surface area contributed by atoms with E-state index in [4.69, 9.17) is 14.2 Å². The van der Waals surface area contributed by atoms with Crippen LogP contribution in [0.15, 0.2) is 12.2 Å². The first-order valence-corrected chi connectivity index (χ1v) is 37.3. The highest BCUT2D eigenvalue weighted by molar-refractivity contribution is 5.87. The van der Waals surface area contributed by atoms with E-state index < -0.39 is 5.54 Å². The molecule has 0 aliphatic heterocycles. The maximum atomic E-state index is 13.9. The molecule has 0 aromatic heterocycles. The minimum Gasteiger partial charge on any atom is -0.378 e. The van der Waals surface area contributed by atoms with Gasteiger partial charge in [0.05, 0.1) is 32.0 Å². The summed E-state index contributed by atoms with van der Waals surface area (Å²) in [5.41, 5.74) is -0.439. The van der Waals surface area contributed by atoms with Gasteiger partial charge in [-0.15, -0.1) is 0 Å². The Bertz CT molecular complexity index is 1970. The first-order valence-electron chi connectivity index (χ1n) is 37.3. The number of nitrogens with one attached hydrogen (secondary N) is 7. The third-order valence-electron chi connectivity index (χ3n) is 16.3. The molecule has 0 saturated heterocycles. The average Bonchev–Trinajstić information content (AvgIpc) is 1.17. The lowest BCUT2D eigenvalue weighted by molar-refractivity contribution is -0.129. The average molecular weight is 1350 g/mol. The number of amides is 7. The van der Waals surface area contributed by atoms with E-state index >= 15 is 0 Å². The van der Waals surface area contributed by atoms with Gasteiger partial charge in [-0.1, -0.05) is 166 Å². The molecule has 19 nitrogen and oxygen atoms in total. The van der Waals surface area contributed by atoms with Crippen LogP contribution in [0, 0.1) is 21.7 Å². The predicted molar refractivity (Wildman–Crippen MR) is 385 cm³/mol. The summed E-state index contributed by atoms with van der Waals surface area (Å²) >= 11 is 0. The van der Waals surface area contributed by atoms with E-state index in [0.29, 0.717) is 116 Å². The smallest absolute Gasteiger partial charge is 0.245 e. The number of ketones is 2. The Morgan fingerprint density at radius 3 is 1.03 bits per heavy atom. The van der Waals surface area contributed by atoms with Crippen LogP contribution in [0.3, 0.4) is 0 Å². The van der Waals surface area contributed by atoms with Crippen molar-refractivity contribution >= 4 is 52.9 Å². The number of carbonyl (C=O) groups excluding carboxylic acids is 9. The van der Waals surface area contributed by atoms with Crippen molar-refractivity contribution in [1.82, 2.24) is 37.2 Å². The number of ether oxygens (including phenoxy) is 3. The van der Waals surface area contributed by atoms with Crippen molar-refractivity contribution in [3.8, 4) is 0 Å². The highest BCUT2D eigenvalue weighted by atomic mass is 16.5. The van der Waals surface area contributed by atoms with E-state index in [1.54, 1.807) is 6.08 Å². The van der Waals surface area contributed by atoms with Crippen LogP contribution in [0.5, 0.6) is 0 Å². The van der Waals surface area contributed by atoms with Gasteiger partial charge in [0, 0.05) is 104 Å². The molecule has 7 N–H and O–H groups in total. The van der Waals surface area contributed by atoms with Crippen LogP contribution in [-0.4, -0.2) is 137 Å². The Labute approximate surface area is 577 Å². The molecule has 0 fully saturated rings. The molecule has 0 saturated carbocycles. The molecule has 95 heavy (non-hydrogen) atoms. The molecule has 0 spiro atoms. The summed E-state index contributed by atoms with van der Waals surface area (Å²) in [6.45, 7) is 28.5. The first kappa shape index (κ1) is 90.2. The summed E-state index contributed by atoms with van der Waals surface area (Å²) in [7, 11) is 0.